The number of halogens is 6. The predicted molar refractivity (Wildman–Crippen MR) is 52.4 cm³/mol. The Hall–Kier alpha value is -0.620. The van der Waals surface area contributed by atoms with E-state index < -0.39 is 34.5 Å². The fourth-order valence-corrected chi connectivity index (χ4v) is 2.28. The van der Waals surface area contributed by atoms with Crippen molar-refractivity contribution >= 4 is 11.6 Å². The number of aliphatic hydroxyl groups is 1. The molecule has 0 bridgehead atoms. The van der Waals surface area contributed by atoms with Gasteiger partial charge in [0.2, 0.25) is 0 Å². The zero-order valence-electron chi connectivity index (χ0n) is 8.62. The summed E-state index contributed by atoms with van der Waals surface area (Å²) < 4.78 is 62.2. The van der Waals surface area contributed by atoms with Crippen LogP contribution in [-0.2, 0) is 0 Å². The lowest BCUT2D eigenvalue weighted by atomic mass is 9.74. The topological polar surface area (TPSA) is 20.2 Å². The van der Waals surface area contributed by atoms with Crippen molar-refractivity contribution in [1.29, 1.82) is 0 Å². The molecule has 2 atom stereocenters. The molecule has 0 aromatic rings. The van der Waals surface area contributed by atoms with Crippen molar-refractivity contribution in [3.63, 3.8) is 0 Å². The van der Waals surface area contributed by atoms with Gasteiger partial charge in [0.15, 0.2) is 5.83 Å². The van der Waals surface area contributed by atoms with Gasteiger partial charge in [-0.2, -0.15) is 17.6 Å². The summed E-state index contributed by atoms with van der Waals surface area (Å²) in [6, 6.07) is 0. The van der Waals surface area contributed by atoms with E-state index in [9.17, 15) is 27.1 Å². The molecule has 7 heteroatoms. The Bertz CT molecular complexity index is 360. The van der Waals surface area contributed by atoms with Crippen molar-refractivity contribution in [3.8, 4) is 0 Å². The minimum atomic E-state index is -2.61. The molecule has 2 unspecified atom stereocenters. The summed E-state index contributed by atoms with van der Waals surface area (Å²) in [5.41, 5.74) is -2.44. The molecule has 1 aliphatic rings. The number of hydrogen-bond donors (Lipinski definition) is 1. The summed E-state index contributed by atoms with van der Waals surface area (Å²) in [6.45, 7) is 0. The maximum absolute atomic E-state index is 13.2. The van der Waals surface area contributed by atoms with Gasteiger partial charge in [0.25, 0.3) is 6.08 Å². The summed E-state index contributed by atoms with van der Waals surface area (Å²) in [6.07, 6.45) is -4.73. The Labute approximate surface area is 99.6 Å². The van der Waals surface area contributed by atoms with Gasteiger partial charge in [0.05, 0.1) is 5.92 Å². The average molecular weight is 277 g/mol. The molecule has 1 N–H and O–H groups in total. The minimum Gasteiger partial charge on any atom is -0.383 e. The van der Waals surface area contributed by atoms with E-state index in [-0.39, 0.29) is 12.8 Å². The van der Waals surface area contributed by atoms with Crippen molar-refractivity contribution in [2.45, 2.75) is 31.3 Å². The van der Waals surface area contributed by atoms with Crippen LogP contribution < -0.4 is 0 Å². The fraction of sp³-hybridized carbons (Fsp3) is 0.600. The lowest BCUT2D eigenvalue weighted by molar-refractivity contribution is -0.00803. The highest BCUT2D eigenvalue weighted by Gasteiger charge is 2.47. The molecule has 1 aliphatic carbocycles. The number of hydrogen-bond acceptors (Lipinski definition) is 1. The SMILES string of the molecule is OC1(C(Cl)=C(F)F)CCCCC1C(F)=C(F)F. The van der Waals surface area contributed by atoms with E-state index in [0.717, 1.165) is 0 Å². The van der Waals surface area contributed by atoms with Crippen molar-refractivity contribution < 1.29 is 27.1 Å². The molecule has 0 aliphatic heterocycles. The largest absolute Gasteiger partial charge is 0.383 e. The normalized spacial score (nSPS) is 28.8. The van der Waals surface area contributed by atoms with Gasteiger partial charge in [-0.1, -0.05) is 24.4 Å². The summed E-state index contributed by atoms with van der Waals surface area (Å²) in [7, 11) is 0. The van der Waals surface area contributed by atoms with Crippen LogP contribution in [0.5, 0.6) is 0 Å². The molecule has 98 valence electrons. The van der Waals surface area contributed by atoms with E-state index in [4.69, 9.17) is 11.6 Å². The van der Waals surface area contributed by atoms with Crippen LogP contribution >= 0.6 is 11.6 Å². The molecule has 0 amide bonds. The molecule has 0 aromatic carbocycles. The van der Waals surface area contributed by atoms with Crippen LogP contribution in [0.25, 0.3) is 0 Å². The zero-order chi connectivity index (χ0) is 13.2. The molecule has 0 saturated heterocycles. The Kier molecular flexibility index (Phi) is 4.55. The third-order valence-corrected chi connectivity index (χ3v) is 3.38. The highest BCUT2D eigenvalue weighted by atomic mass is 35.5. The van der Waals surface area contributed by atoms with Crippen molar-refractivity contribution in [2.24, 2.45) is 5.92 Å². The monoisotopic (exact) mass is 276 g/mol. The van der Waals surface area contributed by atoms with E-state index in [1.165, 1.54) is 0 Å². The maximum Gasteiger partial charge on any atom is 0.301 e. The van der Waals surface area contributed by atoms with E-state index in [2.05, 4.69) is 0 Å². The Balaban J connectivity index is 3.18. The standard InChI is InChI=1S/C10H10ClF5O/c11-7(9(15)16)10(17)4-2-1-3-5(10)6(12)8(13)14/h5,17H,1-4H2. The average Bonchev–Trinajstić information content (AvgIpc) is 2.27. The van der Waals surface area contributed by atoms with Gasteiger partial charge in [0, 0.05) is 0 Å². The predicted octanol–water partition coefficient (Wildman–Crippen LogP) is 4.33. The second-order valence-electron chi connectivity index (χ2n) is 3.91. The van der Waals surface area contributed by atoms with Gasteiger partial charge in [-0.3, -0.25) is 0 Å². The summed E-state index contributed by atoms with van der Waals surface area (Å²) in [5, 5.41) is 8.66. The Morgan fingerprint density at radius 2 is 1.65 bits per heavy atom. The molecule has 0 aromatic heterocycles. The van der Waals surface area contributed by atoms with Crippen LogP contribution in [0.1, 0.15) is 25.7 Å². The first kappa shape index (κ1) is 14.4. The molecule has 17 heavy (non-hydrogen) atoms. The van der Waals surface area contributed by atoms with Gasteiger partial charge in [-0.15, -0.1) is 0 Å². The molecule has 0 heterocycles. The molecule has 1 nitrogen and oxygen atoms in total. The van der Waals surface area contributed by atoms with Gasteiger partial charge in [-0.05, 0) is 12.8 Å². The number of rotatable bonds is 2. The van der Waals surface area contributed by atoms with Crippen LogP contribution in [0, 0.1) is 5.92 Å². The fourth-order valence-electron chi connectivity index (χ4n) is 2.05. The third-order valence-electron chi connectivity index (χ3n) is 2.91. The van der Waals surface area contributed by atoms with Crippen molar-refractivity contribution in [3.05, 3.63) is 23.0 Å². The molecular weight excluding hydrogens is 267 g/mol. The lowest BCUT2D eigenvalue weighted by Crippen LogP contribution is -2.42. The zero-order valence-corrected chi connectivity index (χ0v) is 9.38. The smallest absolute Gasteiger partial charge is 0.301 e. The quantitative estimate of drug-likeness (QED) is 0.744. The van der Waals surface area contributed by atoms with Crippen LogP contribution in [0.3, 0.4) is 0 Å². The van der Waals surface area contributed by atoms with E-state index in [1.54, 1.807) is 0 Å². The first-order valence-electron chi connectivity index (χ1n) is 4.95. The minimum absolute atomic E-state index is 0.150. The van der Waals surface area contributed by atoms with Crippen LogP contribution in [0.15, 0.2) is 23.0 Å². The van der Waals surface area contributed by atoms with Crippen molar-refractivity contribution in [2.75, 3.05) is 0 Å². The van der Waals surface area contributed by atoms with Crippen LogP contribution in [0.2, 0.25) is 0 Å². The molecule has 1 saturated carbocycles. The van der Waals surface area contributed by atoms with E-state index in [0.29, 0.717) is 12.8 Å². The second kappa shape index (κ2) is 5.35. The third kappa shape index (κ3) is 2.80. The first-order valence-corrected chi connectivity index (χ1v) is 5.32. The van der Waals surface area contributed by atoms with Gasteiger partial charge in [-0.25, -0.2) is 4.39 Å². The van der Waals surface area contributed by atoms with Crippen molar-refractivity contribution in [1.82, 2.24) is 0 Å². The highest BCUT2D eigenvalue weighted by molar-refractivity contribution is 6.30. The summed E-state index contributed by atoms with van der Waals surface area (Å²) in [5.74, 6) is -3.58. The Morgan fingerprint density at radius 1 is 1.06 bits per heavy atom. The van der Waals surface area contributed by atoms with E-state index in [1.807, 2.05) is 0 Å². The molecule has 0 spiro atoms. The van der Waals surface area contributed by atoms with Gasteiger partial charge >= 0.3 is 6.08 Å². The van der Waals surface area contributed by atoms with E-state index >= 15 is 0 Å². The van der Waals surface area contributed by atoms with Gasteiger partial charge in [0.1, 0.15) is 10.6 Å². The highest BCUT2D eigenvalue weighted by Crippen LogP contribution is 2.46. The summed E-state index contributed by atoms with van der Waals surface area (Å²) in [4.78, 5) is 0. The molecule has 1 rings (SSSR count). The molecule has 0 radical (unpaired) electrons. The van der Waals surface area contributed by atoms with Gasteiger partial charge < -0.3 is 5.11 Å². The lowest BCUT2D eigenvalue weighted by Gasteiger charge is -2.38. The summed E-state index contributed by atoms with van der Waals surface area (Å²) >= 11 is 5.22. The van der Waals surface area contributed by atoms with Crippen LogP contribution in [0.4, 0.5) is 22.0 Å². The second-order valence-corrected chi connectivity index (χ2v) is 4.28. The molecule has 1 fully saturated rings. The van der Waals surface area contributed by atoms with Crippen LogP contribution in [-0.4, -0.2) is 10.7 Å². The maximum atomic E-state index is 13.2. The first-order chi connectivity index (χ1) is 7.80. The Morgan fingerprint density at radius 3 is 2.12 bits per heavy atom. The molecular formula is C10H10ClF5O.